The van der Waals surface area contributed by atoms with Gasteiger partial charge in [-0.1, -0.05) is 0 Å². The minimum atomic E-state index is -0.0124. The number of anilines is 1. The second kappa shape index (κ2) is 5.68. The topological polar surface area (TPSA) is 47.6 Å². The zero-order valence-corrected chi connectivity index (χ0v) is 9.94. The lowest BCUT2D eigenvalue weighted by atomic mass is 10.1. The van der Waals surface area contributed by atoms with Crippen LogP contribution in [0.2, 0.25) is 0 Å². The molecule has 0 spiro atoms. The molecular weight excluding hydrogens is 218 g/mol. The Morgan fingerprint density at radius 3 is 2.82 bits per heavy atom. The third-order valence-corrected chi connectivity index (χ3v) is 2.73. The van der Waals surface area contributed by atoms with Crippen LogP contribution in [-0.2, 0) is 9.53 Å². The van der Waals surface area contributed by atoms with E-state index in [1.807, 2.05) is 31.2 Å². The van der Waals surface area contributed by atoms with E-state index in [0.717, 1.165) is 17.9 Å². The van der Waals surface area contributed by atoms with Crippen molar-refractivity contribution in [2.75, 3.05) is 25.1 Å². The van der Waals surface area contributed by atoms with Gasteiger partial charge in [0.25, 0.3) is 0 Å². The Bertz CT molecular complexity index is 369. The molecule has 1 aromatic carbocycles. The summed E-state index contributed by atoms with van der Waals surface area (Å²) in [6.45, 7) is 3.80. The van der Waals surface area contributed by atoms with Gasteiger partial charge in [-0.3, -0.25) is 4.79 Å². The van der Waals surface area contributed by atoms with Crippen molar-refractivity contribution >= 4 is 11.6 Å². The molecule has 1 saturated heterocycles. The van der Waals surface area contributed by atoms with Crippen LogP contribution in [0.4, 0.5) is 5.69 Å². The molecule has 2 rings (SSSR count). The maximum Gasteiger partial charge on any atom is 0.229 e. The predicted octanol–water partition coefficient (Wildman–Crippen LogP) is 2.06. The Hall–Kier alpha value is -1.55. The largest absolute Gasteiger partial charge is 0.494 e. The molecule has 1 aromatic rings. The molecule has 1 heterocycles. The molecule has 1 aliphatic rings. The van der Waals surface area contributed by atoms with Gasteiger partial charge in [-0.2, -0.15) is 0 Å². The molecule has 0 unspecified atom stereocenters. The van der Waals surface area contributed by atoms with Gasteiger partial charge < -0.3 is 14.8 Å². The monoisotopic (exact) mass is 235 g/mol. The van der Waals surface area contributed by atoms with Gasteiger partial charge in [0.15, 0.2) is 0 Å². The number of carbonyl (C=O) groups excluding carboxylic acids is 1. The van der Waals surface area contributed by atoms with E-state index in [0.29, 0.717) is 19.8 Å². The lowest BCUT2D eigenvalue weighted by Crippen LogP contribution is -2.22. The normalized spacial score (nSPS) is 19.0. The van der Waals surface area contributed by atoms with Gasteiger partial charge in [0.2, 0.25) is 5.91 Å². The Labute approximate surface area is 101 Å². The van der Waals surface area contributed by atoms with Crippen molar-refractivity contribution in [2.45, 2.75) is 13.3 Å². The number of nitrogens with one attached hydrogen (secondary N) is 1. The summed E-state index contributed by atoms with van der Waals surface area (Å²) in [7, 11) is 0. The number of ether oxygens (including phenoxy) is 2. The van der Waals surface area contributed by atoms with E-state index in [4.69, 9.17) is 9.47 Å². The van der Waals surface area contributed by atoms with Crippen LogP contribution < -0.4 is 10.1 Å². The lowest BCUT2D eigenvalue weighted by Gasteiger charge is -2.10. The zero-order valence-electron chi connectivity index (χ0n) is 9.94. The van der Waals surface area contributed by atoms with Crippen molar-refractivity contribution in [3.8, 4) is 5.75 Å². The van der Waals surface area contributed by atoms with Crippen molar-refractivity contribution in [3.05, 3.63) is 24.3 Å². The molecule has 0 aromatic heterocycles. The maximum atomic E-state index is 11.8. The van der Waals surface area contributed by atoms with Crippen LogP contribution in [0.3, 0.4) is 0 Å². The molecule has 4 heteroatoms. The Morgan fingerprint density at radius 2 is 2.24 bits per heavy atom. The molecule has 92 valence electrons. The average Bonchev–Trinajstić information content (AvgIpc) is 2.86. The van der Waals surface area contributed by atoms with E-state index < -0.39 is 0 Å². The molecule has 1 atom stereocenters. The molecule has 17 heavy (non-hydrogen) atoms. The van der Waals surface area contributed by atoms with Gasteiger partial charge in [0.1, 0.15) is 5.75 Å². The Morgan fingerprint density at radius 1 is 1.47 bits per heavy atom. The van der Waals surface area contributed by atoms with E-state index in [1.165, 1.54) is 0 Å². The molecule has 0 aliphatic carbocycles. The van der Waals surface area contributed by atoms with Gasteiger partial charge >= 0.3 is 0 Å². The van der Waals surface area contributed by atoms with Crippen molar-refractivity contribution < 1.29 is 14.3 Å². The van der Waals surface area contributed by atoms with Crippen LogP contribution in [-0.4, -0.2) is 25.7 Å². The molecule has 0 bridgehead atoms. The summed E-state index contributed by atoms with van der Waals surface area (Å²) in [6.07, 6.45) is 0.808. The first-order valence-corrected chi connectivity index (χ1v) is 5.91. The van der Waals surface area contributed by atoms with E-state index in [2.05, 4.69) is 5.32 Å². The fourth-order valence-corrected chi connectivity index (χ4v) is 1.79. The number of carbonyl (C=O) groups is 1. The molecule has 0 saturated carbocycles. The van der Waals surface area contributed by atoms with Crippen LogP contribution in [0, 0.1) is 5.92 Å². The highest BCUT2D eigenvalue weighted by Crippen LogP contribution is 2.18. The highest BCUT2D eigenvalue weighted by Gasteiger charge is 2.23. The maximum absolute atomic E-state index is 11.8. The predicted molar refractivity (Wildman–Crippen MR) is 65.2 cm³/mol. The Balaban J connectivity index is 1.91. The van der Waals surface area contributed by atoms with Crippen LogP contribution in [0.1, 0.15) is 13.3 Å². The van der Waals surface area contributed by atoms with Crippen LogP contribution in [0.25, 0.3) is 0 Å². The third kappa shape index (κ3) is 3.20. The fraction of sp³-hybridized carbons (Fsp3) is 0.462. The summed E-state index contributed by atoms with van der Waals surface area (Å²) in [6, 6.07) is 7.39. The molecule has 1 fully saturated rings. The highest BCUT2D eigenvalue weighted by molar-refractivity contribution is 5.92. The molecule has 0 radical (unpaired) electrons. The highest BCUT2D eigenvalue weighted by atomic mass is 16.5. The standard InChI is InChI=1S/C13H17NO3/c1-2-17-12-5-3-11(4-6-12)14-13(15)10-7-8-16-9-10/h3-6,10H,2,7-9H2,1H3,(H,14,15)/t10-/m0/s1. The van der Waals surface area contributed by atoms with Crippen molar-refractivity contribution in [3.63, 3.8) is 0 Å². The minimum Gasteiger partial charge on any atom is -0.494 e. The zero-order chi connectivity index (χ0) is 12.1. The Kier molecular flexibility index (Phi) is 3.98. The SMILES string of the molecule is CCOc1ccc(NC(=O)[C@H]2CCOC2)cc1. The summed E-state index contributed by atoms with van der Waals surface area (Å²) in [5.41, 5.74) is 0.797. The summed E-state index contributed by atoms with van der Waals surface area (Å²) >= 11 is 0. The van der Waals surface area contributed by atoms with Crippen molar-refractivity contribution in [1.29, 1.82) is 0 Å². The average molecular weight is 235 g/mol. The smallest absolute Gasteiger partial charge is 0.229 e. The van der Waals surface area contributed by atoms with E-state index in [1.54, 1.807) is 0 Å². The number of hydrogen-bond acceptors (Lipinski definition) is 3. The van der Waals surface area contributed by atoms with E-state index >= 15 is 0 Å². The van der Waals surface area contributed by atoms with E-state index in [-0.39, 0.29) is 11.8 Å². The number of hydrogen-bond donors (Lipinski definition) is 1. The molecule has 1 amide bonds. The minimum absolute atomic E-state index is 0.0124. The van der Waals surface area contributed by atoms with Gasteiger partial charge in [0, 0.05) is 12.3 Å². The van der Waals surface area contributed by atoms with Gasteiger partial charge in [-0.25, -0.2) is 0 Å². The second-order valence-electron chi connectivity index (χ2n) is 4.01. The van der Waals surface area contributed by atoms with Gasteiger partial charge in [0.05, 0.1) is 19.1 Å². The first-order chi connectivity index (χ1) is 8.29. The van der Waals surface area contributed by atoms with E-state index in [9.17, 15) is 4.79 Å². The summed E-state index contributed by atoms with van der Waals surface area (Å²) in [4.78, 5) is 11.8. The molecule has 1 aliphatic heterocycles. The number of benzene rings is 1. The third-order valence-electron chi connectivity index (χ3n) is 2.73. The number of amides is 1. The van der Waals surface area contributed by atoms with Crippen LogP contribution in [0.15, 0.2) is 24.3 Å². The first kappa shape index (κ1) is 11.9. The van der Waals surface area contributed by atoms with Gasteiger partial charge in [-0.15, -0.1) is 0 Å². The summed E-state index contributed by atoms with van der Waals surface area (Å²) in [5.74, 6) is 0.836. The van der Waals surface area contributed by atoms with Gasteiger partial charge in [-0.05, 0) is 37.6 Å². The first-order valence-electron chi connectivity index (χ1n) is 5.91. The molecule has 1 N–H and O–H groups in total. The van der Waals surface area contributed by atoms with Crippen LogP contribution in [0.5, 0.6) is 5.75 Å². The van der Waals surface area contributed by atoms with Crippen LogP contribution >= 0.6 is 0 Å². The summed E-state index contributed by atoms with van der Waals surface area (Å²) < 4.78 is 10.5. The number of rotatable bonds is 4. The second-order valence-corrected chi connectivity index (χ2v) is 4.01. The summed E-state index contributed by atoms with van der Waals surface area (Å²) in [5, 5.41) is 2.88. The quantitative estimate of drug-likeness (QED) is 0.869. The molecule has 4 nitrogen and oxygen atoms in total. The van der Waals surface area contributed by atoms with Crippen molar-refractivity contribution in [2.24, 2.45) is 5.92 Å². The fourth-order valence-electron chi connectivity index (χ4n) is 1.79. The molecular formula is C13H17NO3. The van der Waals surface area contributed by atoms with Crippen molar-refractivity contribution in [1.82, 2.24) is 0 Å². The lowest BCUT2D eigenvalue weighted by molar-refractivity contribution is -0.119.